The van der Waals surface area contributed by atoms with Gasteiger partial charge in [-0.2, -0.15) is 0 Å². The molecule has 1 atom stereocenters. The van der Waals surface area contributed by atoms with E-state index in [1.54, 1.807) is 11.3 Å². The van der Waals surface area contributed by atoms with E-state index in [-0.39, 0.29) is 11.9 Å². The topological polar surface area (TPSA) is 58.6 Å². The van der Waals surface area contributed by atoms with Crippen molar-refractivity contribution in [2.75, 3.05) is 13.1 Å². The summed E-state index contributed by atoms with van der Waals surface area (Å²) in [5, 5.41) is 3.00. The molecule has 6 heteroatoms. The average molecular weight is 435 g/mol. The first-order chi connectivity index (χ1) is 14.3. The molecule has 1 saturated carbocycles. The third kappa shape index (κ3) is 7.38. The van der Waals surface area contributed by atoms with Crippen LogP contribution in [0.2, 0.25) is 0 Å². The summed E-state index contributed by atoms with van der Waals surface area (Å²) in [7, 11) is 0. The van der Waals surface area contributed by atoms with Gasteiger partial charge in [0.15, 0.2) is 0 Å². The minimum atomic E-state index is -0.576. The van der Waals surface area contributed by atoms with Gasteiger partial charge in [-0.05, 0) is 71.2 Å². The van der Waals surface area contributed by atoms with Crippen LogP contribution in [0.3, 0.4) is 0 Å². The van der Waals surface area contributed by atoms with Crippen LogP contribution in [0.4, 0.5) is 0 Å². The lowest BCUT2D eigenvalue weighted by Gasteiger charge is -2.28. The number of amides is 1. The molecule has 1 aromatic heterocycles. The molecule has 1 unspecified atom stereocenters. The molecule has 3 rings (SSSR count). The fourth-order valence-corrected chi connectivity index (χ4v) is 5.45. The summed E-state index contributed by atoms with van der Waals surface area (Å²) in [5.41, 5.74) is -0.558. The van der Waals surface area contributed by atoms with E-state index in [0.29, 0.717) is 17.2 Å². The van der Waals surface area contributed by atoms with E-state index in [9.17, 15) is 9.59 Å². The maximum atomic E-state index is 13.0. The van der Waals surface area contributed by atoms with E-state index < -0.39 is 11.6 Å². The molecule has 168 valence electrons. The number of ether oxygens (including phenoxy) is 1. The molecule has 1 N–H and O–H groups in total. The second-order valence-electron chi connectivity index (χ2n) is 9.90. The number of esters is 1. The zero-order chi connectivity index (χ0) is 21.6. The Hall–Kier alpha value is -1.40. The van der Waals surface area contributed by atoms with Gasteiger partial charge in [0.1, 0.15) is 11.6 Å². The number of nitrogens with one attached hydrogen (secondary N) is 1. The highest BCUT2D eigenvalue weighted by Crippen LogP contribution is 2.28. The molecule has 1 saturated heterocycles. The quantitative estimate of drug-likeness (QED) is 0.603. The van der Waals surface area contributed by atoms with Crippen molar-refractivity contribution in [3.8, 4) is 0 Å². The molecule has 2 aliphatic rings. The molecule has 2 fully saturated rings. The van der Waals surface area contributed by atoms with Crippen molar-refractivity contribution in [2.24, 2.45) is 5.92 Å². The number of nitrogens with zero attached hydrogens (tertiary/aromatic N) is 1. The van der Waals surface area contributed by atoms with Crippen LogP contribution < -0.4 is 5.32 Å². The maximum Gasteiger partial charge on any atom is 0.329 e. The maximum absolute atomic E-state index is 13.0. The number of piperidine rings is 1. The fourth-order valence-electron chi connectivity index (χ4n) is 4.50. The Balaban J connectivity index is 1.62. The number of thiophene rings is 1. The number of hydrogen-bond acceptors (Lipinski definition) is 5. The largest absolute Gasteiger partial charge is 0.458 e. The van der Waals surface area contributed by atoms with Gasteiger partial charge in [0.05, 0.1) is 4.88 Å². The molecule has 0 aromatic carbocycles. The van der Waals surface area contributed by atoms with Crippen LogP contribution in [-0.4, -0.2) is 41.5 Å². The number of carbonyl (C=O) groups excluding carboxylic acids is 2. The van der Waals surface area contributed by atoms with Crippen LogP contribution in [0.15, 0.2) is 12.1 Å². The smallest absolute Gasteiger partial charge is 0.329 e. The lowest BCUT2D eigenvalue weighted by atomic mass is 9.84. The zero-order valence-electron chi connectivity index (χ0n) is 18.9. The van der Waals surface area contributed by atoms with Crippen molar-refractivity contribution < 1.29 is 14.3 Å². The summed E-state index contributed by atoms with van der Waals surface area (Å²) in [5.74, 6) is 0.0117. The Kier molecular flexibility index (Phi) is 8.35. The van der Waals surface area contributed by atoms with Gasteiger partial charge in [-0.1, -0.05) is 38.5 Å². The van der Waals surface area contributed by atoms with Crippen LogP contribution in [-0.2, 0) is 16.1 Å². The standard InChI is InChI=1S/C24H38N2O3S/c1-24(2,3)29-23(28)20(16-18-10-6-4-7-11-18)25-22(27)21-13-12-19(30-21)17-26-14-8-5-9-15-26/h12-13,18,20H,4-11,14-17H2,1-3H3,(H,25,27). The molecular formula is C24H38N2O3S. The lowest BCUT2D eigenvalue weighted by molar-refractivity contribution is -0.157. The van der Waals surface area contributed by atoms with Gasteiger partial charge < -0.3 is 10.1 Å². The Morgan fingerprint density at radius 3 is 2.43 bits per heavy atom. The second kappa shape index (κ2) is 10.8. The van der Waals surface area contributed by atoms with Crippen LogP contribution in [0, 0.1) is 5.92 Å². The highest BCUT2D eigenvalue weighted by molar-refractivity contribution is 7.14. The predicted molar refractivity (Wildman–Crippen MR) is 122 cm³/mol. The van der Waals surface area contributed by atoms with Crippen molar-refractivity contribution >= 4 is 23.2 Å². The summed E-state index contributed by atoms with van der Waals surface area (Å²) >= 11 is 1.54. The third-order valence-corrected chi connectivity index (χ3v) is 7.07. The van der Waals surface area contributed by atoms with Crippen molar-refractivity contribution in [3.63, 3.8) is 0 Å². The average Bonchev–Trinajstić information content (AvgIpc) is 3.16. The van der Waals surface area contributed by atoms with Gasteiger partial charge in [-0.15, -0.1) is 11.3 Å². The van der Waals surface area contributed by atoms with Crippen molar-refractivity contribution in [1.82, 2.24) is 10.2 Å². The molecule has 5 nitrogen and oxygen atoms in total. The zero-order valence-corrected chi connectivity index (χ0v) is 19.7. The first-order valence-corrected chi connectivity index (χ1v) is 12.5. The Morgan fingerprint density at radius 1 is 1.10 bits per heavy atom. The van der Waals surface area contributed by atoms with E-state index >= 15 is 0 Å². The monoisotopic (exact) mass is 434 g/mol. The second-order valence-corrected chi connectivity index (χ2v) is 11.1. The molecule has 1 aliphatic heterocycles. The number of rotatable bonds is 7. The van der Waals surface area contributed by atoms with Crippen LogP contribution in [0.5, 0.6) is 0 Å². The van der Waals surface area contributed by atoms with Gasteiger partial charge in [0, 0.05) is 11.4 Å². The van der Waals surface area contributed by atoms with Gasteiger partial charge in [0.2, 0.25) is 0 Å². The molecular weight excluding hydrogens is 396 g/mol. The van der Waals surface area contributed by atoms with Crippen molar-refractivity contribution in [2.45, 2.75) is 96.7 Å². The normalized spacial score (nSPS) is 20.0. The van der Waals surface area contributed by atoms with Crippen molar-refractivity contribution in [3.05, 3.63) is 21.9 Å². The fraction of sp³-hybridized carbons (Fsp3) is 0.750. The van der Waals surface area contributed by atoms with Crippen LogP contribution in [0.25, 0.3) is 0 Å². The predicted octanol–water partition coefficient (Wildman–Crippen LogP) is 5.14. The van der Waals surface area contributed by atoms with Gasteiger partial charge >= 0.3 is 5.97 Å². The third-order valence-electron chi connectivity index (χ3n) is 6.00. The summed E-state index contributed by atoms with van der Waals surface area (Å²) in [6.45, 7) is 8.81. The minimum Gasteiger partial charge on any atom is -0.458 e. The number of likely N-dealkylation sites (tertiary alicyclic amines) is 1. The minimum absolute atomic E-state index is 0.156. The first-order valence-electron chi connectivity index (χ1n) is 11.6. The van der Waals surface area contributed by atoms with Crippen LogP contribution in [0.1, 0.15) is 93.1 Å². The molecule has 0 bridgehead atoms. The molecule has 2 heterocycles. The molecule has 30 heavy (non-hydrogen) atoms. The SMILES string of the molecule is CC(C)(C)OC(=O)C(CC1CCCCC1)NC(=O)c1ccc(CN2CCCCC2)s1. The summed E-state index contributed by atoms with van der Waals surface area (Å²) in [6.07, 6.45) is 10.5. The molecule has 0 spiro atoms. The molecule has 1 amide bonds. The molecule has 0 radical (unpaired) electrons. The van der Waals surface area contributed by atoms with Crippen molar-refractivity contribution in [1.29, 1.82) is 0 Å². The Labute approximate surface area is 185 Å². The van der Waals surface area contributed by atoms with E-state index in [1.165, 1.54) is 43.4 Å². The van der Waals surface area contributed by atoms with Gasteiger partial charge in [-0.25, -0.2) is 4.79 Å². The summed E-state index contributed by atoms with van der Waals surface area (Å²) in [6, 6.07) is 3.37. The summed E-state index contributed by atoms with van der Waals surface area (Å²) in [4.78, 5) is 30.1. The number of carbonyl (C=O) groups is 2. The van der Waals surface area contributed by atoms with E-state index in [0.717, 1.165) is 32.5 Å². The van der Waals surface area contributed by atoms with E-state index in [1.807, 2.05) is 26.8 Å². The van der Waals surface area contributed by atoms with Crippen LogP contribution >= 0.6 is 11.3 Å². The van der Waals surface area contributed by atoms with E-state index in [2.05, 4.69) is 16.3 Å². The van der Waals surface area contributed by atoms with Gasteiger partial charge in [0.25, 0.3) is 5.91 Å². The highest BCUT2D eigenvalue weighted by Gasteiger charge is 2.30. The molecule has 1 aromatic rings. The first kappa shape index (κ1) is 23.3. The summed E-state index contributed by atoms with van der Waals surface area (Å²) < 4.78 is 5.63. The van der Waals surface area contributed by atoms with Gasteiger partial charge in [-0.3, -0.25) is 9.69 Å². The highest BCUT2D eigenvalue weighted by atomic mass is 32.1. The van der Waals surface area contributed by atoms with E-state index in [4.69, 9.17) is 4.74 Å². The number of hydrogen-bond donors (Lipinski definition) is 1. The Bertz CT molecular complexity index is 698. The molecule has 1 aliphatic carbocycles. The Morgan fingerprint density at radius 2 is 1.77 bits per heavy atom. The lowest BCUT2D eigenvalue weighted by Crippen LogP contribution is -2.45.